The van der Waals surface area contributed by atoms with Gasteiger partial charge in [0.25, 0.3) is 0 Å². The summed E-state index contributed by atoms with van der Waals surface area (Å²) in [6, 6.07) is 11.8. The second-order valence-electron chi connectivity index (χ2n) is 5.40. The minimum absolute atomic E-state index is 0.284. The zero-order chi connectivity index (χ0) is 14.2. The Morgan fingerprint density at radius 1 is 1.40 bits per heavy atom. The van der Waals surface area contributed by atoms with E-state index in [1.54, 1.807) is 0 Å². The van der Waals surface area contributed by atoms with E-state index in [1.807, 2.05) is 43.3 Å². The van der Waals surface area contributed by atoms with E-state index in [2.05, 4.69) is 4.98 Å². The summed E-state index contributed by atoms with van der Waals surface area (Å²) < 4.78 is 5.48. The van der Waals surface area contributed by atoms with Crippen molar-refractivity contribution in [3.05, 3.63) is 42.1 Å². The number of carboxylic acids is 1. The Hall–Kier alpha value is -1.94. The minimum atomic E-state index is -0.852. The van der Waals surface area contributed by atoms with E-state index in [9.17, 15) is 9.90 Å². The number of nitrogens with zero attached hydrogens (tertiary/aromatic N) is 1. The molecule has 0 bridgehead atoms. The summed E-state index contributed by atoms with van der Waals surface area (Å²) in [4.78, 5) is 16.3. The van der Waals surface area contributed by atoms with Crippen LogP contribution < -0.4 is 0 Å². The van der Waals surface area contributed by atoms with Crippen LogP contribution in [0.25, 0.3) is 10.9 Å². The molecule has 4 nitrogen and oxygen atoms in total. The van der Waals surface area contributed by atoms with Gasteiger partial charge in [0.2, 0.25) is 0 Å². The molecule has 1 aromatic heterocycles. The van der Waals surface area contributed by atoms with Crippen molar-refractivity contribution in [3.63, 3.8) is 0 Å². The van der Waals surface area contributed by atoms with Gasteiger partial charge in [0, 0.05) is 24.1 Å². The van der Waals surface area contributed by atoms with Crippen LogP contribution in [0.2, 0.25) is 0 Å². The number of pyridine rings is 1. The lowest BCUT2D eigenvalue weighted by Crippen LogP contribution is -2.39. The van der Waals surface area contributed by atoms with Crippen LogP contribution in [-0.4, -0.2) is 28.8 Å². The van der Waals surface area contributed by atoms with Crippen molar-refractivity contribution in [3.8, 4) is 0 Å². The van der Waals surface area contributed by atoms with Gasteiger partial charge < -0.3 is 9.84 Å². The highest BCUT2D eigenvalue weighted by Crippen LogP contribution is 2.38. The Morgan fingerprint density at radius 2 is 2.20 bits per heavy atom. The number of aromatic nitrogens is 1. The van der Waals surface area contributed by atoms with Crippen LogP contribution in [0.1, 0.15) is 19.0 Å². The topological polar surface area (TPSA) is 59.4 Å². The fourth-order valence-corrected chi connectivity index (χ4v) is 2.90. The summed E-state index contributed by atoms with van der Waals surface area (Å²) in [5.74, 6) is -0.794. The van der Waals surface area contributed by atoms with Gasteiger partial charge in [-0.2, -0.15) is 0 Å². The molecular weight excluding hydrogens is 254 g/mol. The molecule has 1 saturated heterocycles. The Bertz CT molecular complexity index is 655. The SMILES string of the molecule is CC1OCCC1(Cc1ccc2ccccc2n1)C(=O)O. The van der Waals surface area contributed by atoms with Crippen LogP contribution in [-0.2, 0) is 16.0 Å². The van der Waals surface area contributed by atoms with Crippen LogP contribution in [0.4, 0.5) is 0 Å². The van der Waals surface area contributed by atoms with Crippen molar-refractivity contribution < 1.29 is 14.6 Å². The number of rotatable bonds is 3. The maximum Gasteiger partial charge on any atom is 0.312 e. The average Bonchev–Trinajstić information content (AvgIpc) is 2.81. The largest absolute Gasteiger partial charge is 0.481 e. The smallest absolute Gasteiger partial charge is 0.312 e. The van der Waals surface area contributed by atoms with E-state index in [4.69, 9.17) is 4.74 Å². The molecule has 1 aliphatic rings. The Labute approximate surface area is 117 Å². The first-order chi connectivity index (χ1) is 9.62. The van der Waals surface area contributed by atoms with Gasteiger partial charge in [0.15, 0.2) is 0 Å². The number of ether oxygens (including phenoxy) is 1. The van der Waals surface area contributed by atoms with Gasteiger partial charge in [-0.15, -0.1) is 0 Å². The van der Waals surface area contributed by atoms with E-state index >= 15 is 0 Å². The first kappa shape index (κ1) is 13.1. The number of aliphatic carboxylic acids is 1. The fourth-order valence-electron chi connectivity index (χ4n) is 2.90. The molecule has 0 aliphatic carbocycles. The quantitative estimate of drug-likeness (QED) is 0.932. The van der Waals surface area contributed by atoms with Crippen molar-refractivity contribution in [1.29, 1.82) is 0 Å². The predicted octanol–water partition coefficient (Wildman–Crippen LogP) is 2.66. The van der Waals surface area contributed by atoms with E-state index in [1.165, 1.54) is 0 Å². The lowest BCUT2D eigenvalue weighted by atomic mass is 9.77. The zero-order valence-corrected chi connectivity index (χ0v) is 11.4. The van der Waals surface area contributed by atoms with E-state index in [0.717, 1.165) is 16.6 Å². The van der Waals surface area contributed by atoms with E-state index in [-0.39, 0.29) is 6.10 Å². The number of para-hydroxylation sites is 1. The lowest BCUT2D eigenvalue weighted by molar-refractivity contribution is -0.151. The molecule has 0 spiro atoms. The maximum atomic E-state index is 11.7. The van der Waals surface area contributed by atoms with Crippen LogP contribution in [0.5, 0.6) is 0 Å². The predicted molar refractivity (Wildman–Crippen MR) is 75.5 cm³/mol. The molecule has 3 rings (SSSR count). The molecule has 2 heterocycles. The molecule has 104 valence electrons. The number of hydrogen-bond donors (Lipinski definition) is 1. The van der Waals surface area contributed by atoms with Crippen LogP contribution in [0, 0.1) is 5.41 Å². The van der Waals surface area contributed by atoms with Gasteiger partial charge in [-0.3, -0.25) is 9.78 Å². The van der Waals surface area contributed by atoms with Gasteiger partial charge in [0.05, 0.1) is 11.6 Å². The number of hydrogen-bond acceptors (Lipinski definition) is 3. The summed E-state index contributed by atoms with van der Waals surface area (Å²) in [7, 11) is 0. The van der Waals surface area contributed by atoms with Gasteiger partial charge in [-0.05, 0) is 25.5 Å². The third kappa shape index (κ3) is 2.06. The summed E-state index contributed by atoms with van der Waals surface area (Å²) in [6.07, 6.45) is 0.667. The van der Waals surface area contributed by atoms with Crippen LogP contribution in [0.15, 0.2) is 36.4 Å². The molecule has 4 heteroatoms. The molecule has 1 aromatic carbocycles. The van der Waals surface area contributed by atoms with Gasteiger partial charge in [0.1, 0.15) is 5.41 Å². The second-order valence-corrected chi connectivity index (χ2v) is 5.40. The summed E-state index contributed by atoms with van der Waals surface area (Å²) in [5.41, 5.74) is 0.857. The first-order valence-corrected chi connectivity index (χ1v) is 6.81. The fraction of sp³-hybridized carbons (Fsp3) is 0.375. The lowest BCUT2D eigenvalue weighted by Gasteiger charge is -2.27. The van der Waals surface area contributed by atoms with Crippen molar-refractivity contribution in [2.24, 2.45) is 5.41 Å². The third-order valence-corrected chi connectivity index (χ3v) is 4.27. The summed E-state index contributed by atoms with van der Waals surface area (Å²) in [6.45, 7) is 2.34. The maximum absolute atomic E-state index is 11.7. The highest BCUT2D eigenvalue weighted by molar-refractivity contribution is 5.79. The molecule has 0 amide bonds. The van der Waals surface area contributed by atoms with E-state index in [0.29, 0.717) is 19.4 Å². The minimum Gasteiger partial charge on any atom is -0.481 e. The monoisotopic (exact) mass is 271 g/mol. The van der Waals surface area contributed by atoms with E-state index < -0.39 is 11.4 Å². The first-order valence-electron chi connectivity index (χ1n) is 6.81. The highest BCUT2D eigenvalue weighted by Gasteiger charge is 2.48. The third-order valence-electron chi connectivity index (χ3n) is 4.27. The number of carboxylic acid groups (broad SMARTS) is 1. The molecular formula is C16H17NO3. The molecule has 1 fully saturated rings. The van der Waals surface area contributed by atoms with Crippen molar-refractivity contribution in [2.45, 2.75) is 25.9 Å². The summed E-state index contributed by atoms with van der Waals surface area (Å²) in [5, 5.41) is 10.7. The second kappa shape index (κ2) is 4.87. The number of benzene rings is 1. The molecule has 1 aliphatic heterocycles. The number of carbonyl (C=O) groups is 1. The molecule has 2 aromatic rings. The van der Waals surface area contributed by atoms with Crippen LogP contribution >= 0.6 is 0 Å². The molecule has 0 radical (unpaired) electrons. The average molecular weight is 271 g/mol. The highest BCUT2D eigenvalue weighted by atomic mass is 16.5. The molecule has 1 N–H and O–H groups in total. The number of fused-ring (bicyclic) bond motifs is 1. The molecule has 2 atom stereocenters. The molecule has 20 heavy (non-hydrogen) atoms. The summed E-state index contributed by atoms with van der Waals surface area (Å²) >= 11 is 0. The van der Waals surface area contributed by atoms with Crippen LogP contribution in [0.3, 0.4) is 0 Å². The van der Waals surface area contributed by atoms with Gasteiger partial charge in [-0.25, -0.2) is 0 Å². The molecule has 0 saturated carbocycles. The van der Waals surface area contributed by atoms with Gasteiger partial charge in [-0.1, -0.05) is 24.3 Å². The van der Waals surface area contributed by atoms with Crippen molar-refractivity contribution in [2.75, 3.05) is 6.61 Å². The van der Waals surface area contributed by atoms with Crippen molar-refractivity contribution in [1.82, 2.24) is 4.98 Å². The Morgan fingerprint density at radius 3 is 2.90 bits per heavy atom. The zero-order valence-electron chi connectivity index (χ0n) is 11.4. The molecule has 2 unspecified atom stereocenters. The normalized spacial score (nSPS) is 25.9. The standard InChI is InChI=1S/C16H17NO3/c1-11-16(15(18)19,8-9-20-11)10-13-7-6-12-4-2-3-5-14(12)17-13/h2-7,11H,8-10H2,1H3,(H,18,19). The van der Waals surface area contributed by atoms with Gasteiger partial charge >= 0.3 is 5.97 Å². The van der Waals surface area contributed by atoms with Crippen molar-refractivity contribution >= 4 is 16.9 Å². The Balaban J connectivity index is 1.97. The Kier molecular flexibility index (Phi) is 3.18.